The van der Waals surface area contributed by atoms with Gasteiger partial charge in [0, 0.05) is 5.38 Å². The molecule has 6 unspecified atom stereocenters. The van der Waals surface area contributed by atoms with Gasteiger partial charge in [-0.2, -0.15) is 13.2 Å². The van der Waals surface area contributed by atoms with E-state index in [2.05, 4.69) is 0 Å². The van der Waals surface area contributed by atoms with Gasteiger partial charge in [0.1, 0.15) is 6.17 Å². The topological polar surface area (TPSA) is 0 Å². The molecule has 6 atom stereocenters. The normalized spacial score (nSPS) is 52.5. The van der Waals surface area contributed by atoms with Crippen molar-refractivity contribution in [2.75, 3.05) is 0 Å². The highest BCUT2D eigenvalue weighted by atomic mass is 35.5. The Hall–Kier alpha value is 0.300. The van der Waals surface area contributed by atoms with Crippen molar-refractivity contribution in [2.24, 2.45) is 17.3 Å². The first-order chi connectivity index (χ1) is 9.18. The summed E-state index contributed by atoms with van der Waals surface area (Å²) in [6.07, 6.45) is -3.94. The van der Waals surface area contributed by atoms with Crippen LogP contribution in [0.5, 0.6) is 0 Å². The van der Waals surface area contributed by atoms with Crippen LogP contribution >= 0.6 is 23.2 Å². The summed E-state index contributed by atoms with van der Waals surface area (Å²) in [5.74, 6) is -0.793. The molecule has 3 rings (SSSR count). The summed E-state index contributed by atoms with van der Waals surface area (Å²) in [4.78, 5) is -1.03. The summed E-state index contributed by atoms with van der Waals surface area (Å²) in [6, 6.07) is 0. The zero-order valence-electron chi connectivity index (χ0n) is 11.0. The van der Waals surface area contributed by atoms with Crippen molar-refractivity contribution < 1.29 is 17.6 Å². The van der Waals surface area contributed by atoms with Gasteiger partial charge in [-0.05, 0) is 50.4 Å². The first-order valence-electron chi connectivity index (χ1n) is 7.22. The van der Waals surface area contributed by atoms with Crippen molar-refractivity contribution in [3.05, 3.63) is 0 Å². The standard InChI is InChI=1S/C14H18Cl2F4/c15-9-4-8-2-1-3-13(16)7-10(17)6-12(5-9,11(8)13)14(18,19)20/h8-11H,1-7H2. The smallest absolute Gasteiger partial charge is 0.247 e. The maximum Gasteiger partial charge on any atom is 0.395 e. The van der Waals surface area contributed by atoms with Crippen LogP contribution in [0.15, 0.2) is 0 Å². The van der Waals surface area contributed by atoms with Crippen molar-refractivity contribution in [3.63, 3.8) is 0 Å². The highest BCUT2D eigenvalue weighted by Crippen LogP contribution is 2.68. The van der Waals surface area contributed by atoms with E-state index in [0.29, 0.717) is 12.8 Å². The predicted molar refractivity (Wildman–Crippen MR) is 70.9 cm³/mol. The molecule has 0 bridgehead atoms. The lowest BCUT2D eigenvalue weighted by molar-refractivity contribution is -0.285. The van der Waals surface area contributed by atoms with Crippen LogP contribution in [0.2, 0.25) is 0 Å². The molecule has 6 heteroatoms. The Bertz CT molecular complexity index is 395. The molecule has 3 saturated carbocycles. The Labute approximate surface area is 126 Å². The Morgan fingerprint density at radius 1 is 1.10 bits per heavy atom. The van der Waals surface area contributed by atoms with Crippen LogP contribution in [0.25, 0.3) is 0 Å². The van der Waals surface area contributed by atoms with E-state index in [0.717, 1.165) is 12.8 Å². The molecule has 0 saturated heterocycles. The average molecular weight is 333 g/mol. The van der Waals surface area contributed by atoms with Crippen molar-refractivity contribution in [2.45, 2.75) is 67.5 Å². The quantitative estimate of drug-likeness (QED) is 0.408. The van der Waals surface area contributed by atoms with E-state index in [1.165, 1.54) is 0 Å². The van der Waals surface area contributed by atoms with Crippen molar-refractivity contribution in [1.29, 1.82) is 0 Å². The molecule has 0 radical (unpaired) electrons. The van der Waals surface area contributed by atoms with Gasteiger partial charge in [0.2, 0.25) is 0 Å². The van der Waals surface area contributed by atoms with E-state index in [1.54, 1.807) is 0 Å². The van der Waals surface area contributed by atoms with Gasteiger partial charge in [0.15, 0.2) is 0 Å². The molecule has 3 fully saturated rings. The second kappa shape index (κ2) is 4.65. The van der Waals surface area contributed by atoms with Crippen LogP contribution in [-0.4, -0.2) is 22.6 Å². The maximum absolute atomic E-state index is 14.1. The molecule has 0 N–H and O–H groups in total. The van der Waals surface area contributed by atoms with E-state index < -0.39 is 40.4 Å². The molecule has 3 aliphatic rings. The first-order valence-corrected chi connectivity index (χ1v) is 8.03. The van der Waals surface area contributed by atoms with Crippen LogP contribution in [0.3, 0.4) is 0 Å². The highest BCUT2D eigenvalue weighted by Gasteiger charge is 2.71. The number of halogens is 6. The Morgan fingerprint density at radius 3 is 2.45 bits per heavy atom. The summed E-state index contributed by atoms with van der Waals surface area (Å²) in [6.45, 7) is 0. The largest absolute Gasteiger partial charge is 0.395 e. The minimum absolute atomic E-state index is 0.0561. The third-order valence-electron chi connectivity index (χ3n) is 5.65. The second-order valence-corrected chi connectivity index (χ2v) is 8.23. The van der Waals surface area contributed by atoms with Crippen molar-refractivity contribution in [1.82, 2.24) is 0 Å². The van der Waals surface area contributed by atoms with Gasteiger partial charge in [-0.1, -0.05) is 6.42 Å². The third-order valence-corrected chi connectivity index (χ3v) is 6.56. The fourth-order valence-electron chi connectivity index (χ4n) is 5.22. The average Bonchev–Trinajstić information content (AvgIpc) is 2.24. The zero-order chi connectivity index (χ0) is 14.8. The molecule has 0 aromatic carbocycles. The van der Waals surface area contributed by atoms with E-state index in [-0.39, 0.29) is 18.8 Å². The molecule has 0 amide bonds. The summed E-state index contributed by atoms with van der Waals surface area (Å²) >= 11 is 12.6. The van der Waals surface area contributed by atoms with Crippen LogP contribution < -0.4 is 0 Å². The van der Waals surface area contributed by atoms with E-state index in [4.69, 9.17) is 23.2 Å². The van der Waals surface area contributed by atoms with Gasteiger partial charge in [-0.3, -0.25) is 0 Å². The number of hydrogen-bond acceptors (Lipinski definition) is 0. The van der Waals surface area contributed by atoms with Gasteiger partial charge in [0.05, 0.1) is 10.3 Å². The fourth-order valence-corrected chi connectivity index (χ4v) is 6.41. The molecule has 0 aliphatic heterocycles. The summed E-state index contributed by atoms with van der Waals surface area (Å²) in [5, 5.41) is -0.526. The van der Waals surface area contributed by atoms with Crippen molar-refractivity contribution >= 4 is 23.2 Å². The molecular formula is C14H18Cl2F4. The van der Waals surface area contributed by atoms with Gasteiger partial charge in [-0.25, -0.2) is 4.39 Å². The molecule has 0 aromatic rings. The number of rotatable bonds is 0. The van der Waals surface area contributed by atoms with E-state index in [9.17, 15) is 17.6 Å². The lowest BCUT2D eigenvalue weighted by atomic mass is 9.48. The molecule has 0 aromatic heterocycles. The predicted octanol–water partition coefficient (Wildman–Crippen LogP) is 5.46. The second-order valence-electron chi connectivity index (χ2n) is 6.86. The fraction of sp³-hybridized carbons (Fsp3) is 1.00. The van der Waals surface area contributed by atoms with Crippen LogP contribution in [0, 0.1) is 17.3 Å². The zero-order valence-corrected chi connectivity index (χ0v) is 12.5. The third kappa shape index (κ3) is 2.08. The Balaban J connectivity index is 2.10. The molecule has 20 heavy (non-hydrogen) atoms. The SMILES string of the molecule is FC1CC2(Cl)CCCC3CC(Cl)CC(C(F)(F)F)(C1)C32. The lowest BCUT2D eigenvalue weighted by Gasteiger charge is -2.61. The first kappa shape index (κ1) is 15.2. The van der Waals surface area contributed by atoms with Gasteiger partial charge >= 0.3 is 6.18 Å². The summed E-state index contributed by atoms with van der Waals surface area (Å²) in [5.41, 5.74) is -2.03. The Kier molecular flexibility index (Phi) is 3.53. The molecular weight excluding hydrogens is 315 g/mol. The molecule has 0 nitrogen and oxygen atoms in total. The van der Waals surface area contributed by atoms with E-state index >= 15 is 0 Å². The lowest BCUT2D eigenvalue weighted by Crippen LogP contribution is -2.64. The van der Waals surface area contributed by atoms with Crippen LogP contribution in [-0.2, 0) is 0 Å². The minimum atomic E-state index is -4.44. The number of hydrogen-bond donors (Lipinski definition) is 0. The van der Waals surface area contributed by atoms with Crippen molar-refractivity contribution in [3.8, 4) is 0 Å². The minimum Gasteiger partial charge on any atom is -0.247 e. The van der Waals surface area contributed by atoms with Crippen LogP contribution in [0.4, 0.5) is 17.6 Å². The monoisotopic (exact) mass is 332 g/mol. The van der Waals surface area contributed by atoms with E-state index in [1.807, 2.05) is 0 Å². The summed E-state index contributed by atoms with van der Waals surface area (Å²) in [7, 11) is 0. The van der Waals surface area contributed by atoms with Gasteiger partial charge in [0.25, 0.3) is 0 Å². The Morgan fingerprint density at radius 2 is 1.80 bits per heavy atom. The maximum atomic E-state index is 14.1. The molecule has 0 heterocycles. The molecule has 116 valence electrons. The van der Waals surface area contributed by atoms with Crippen LogP contribution in [0.1, 0.15) is 44.9 Å². The number of alkyl halides is 6. The highest BCUT2D eigenvalue weighted by molar-refractivity contribution is 6.24. The molecule has 3 aliphatic carbocycles. The van der Waals surface area contributed by atoms with Gasteiger partial charge < -0.3 is 0 Å². The van der Waals surface area contributed by atoms with Gasteiger partial charge in [-0.15, -0.1) is 23.2 Å². The molecule has 0 spiro atoms. The summed E-state index contributed by atoms with van der Waals surface area (Å²) < 4.78 is 55.5.